The van der Waals surface area contributed by atoms with Gasteiger partial charge in [0.1, 0.15) is 85.6 Å². The molecule has 11 N–H and O–H groups in total. The lowest BCUT2D eigenvalue weighted by Gasteiger charge is -2.48. The molecule has 0 radical (unpaired) electrons. The number of aliphatic hydroxyl groups excluding tert-OH is 10. The average molecular weight is 1410 g/mol. The summed E-state index contributed by atoms with van der Waals surface area (Å²) in [6, 6.07) is 0. The van der Waals surface area contributed by atoms with E-state index in [0.717, 1.165) is 84.2 Å². The van der Waals surface area contributed by atoms with Crippen molar-refractivity contribution in [1.82, 2.24) is 5.32 Å². The number of allylic oxidation sites excluding steroid dienone is 4. The van der Waals surface area contributed by atoms with Crippen molar-refractivity contribution < 1.29 is 126 Å². The molecule has 3 rings (SSSR count). The minimum absolute atomic E-state index is 0.0597. The maximum Gasteiger partial charge on any atom is 0.474 e. The smallest absolute Gasteiger partial charge is 0.462 e. The van der Waals surface area contributed by atoms with Crippen molar-refractivity contribution in [3.8, 4) is 0 Å². The Morgan fingerprint density at radius 2 is 0.876 bits per heavy atom. The van der Waals surface area contributed by atoms with Crippen LogP contribution in [0.1, 0.15) is 232 Å². The fraction of sp³-hybridized carbons (Fsp3) is 0.884. The number of hydrogen-bond donors (Lipinski definition) is 11. The van der Waals surface area contributed by atoms with E-state index < -0.39 is 144 Å². The van der Waals surface area contributed by atoms with E-state index >= 15 is 0 Å². The van der Waals surface area contributed by atoms with Crippen LogP contribution in [0.2, 0.25) is 0 Å². The Morgan fingerprint density at radius 1 is 0.454 bits per heavy atom. The molecule has 0 spiro atoms. The molecular formula is C69H124NO26P. The second kappa shape index (κ2) is 53.8. The fourth-order valence-corrected chi connectivity index (χ4v) is 12.4. The molecule has 566 valence electrons. The van der Waals surface area contributed by atoms with Crippen molar-refractivity contribution in [3.63, 3.8) is 0 Å². The number of ether oxygens (including phenoxy) is 8. The Balaban J connectivity index is 1.35. The lowest BCUT2D eigenvalue weighted by Crippen LogP contribution is -2.66. The minimum Gasteiger partial charge on any atom is -0.462 e. The highest BCUT2D eigenvalue weighted by Crippen LogP contribution is 2.49. The predicted octanol–water partition coefficient (Wildman–Crippen LogP) is 6.79. The van der Waals surface area contributed by atoms with Gasteiger partial charge in [-0.15, -0.1) is 0 Å². The molecule has 3 aliphatic heterocycles. The molecule has 28 heteroatoms. The summed E-state index contributed by atoms with van der Waals surface area (Å²) in [6.07, 6.45) is 13.0. The first-order valence-corrected chi connectivity index (χ1v) is 37.7. The molecule has 27 nitrogen and oxygen atoms in total. The van der Waals surface area contributed by atoms with Crippen molar-refractivity contribution in [1.29, 1.82) is 0 Å². The van der Waals surface area contributed by atoms with Crippen LogP contribution >= 0.6 is 7.82 Å². The van der Waals surface area contributed by atoms with E-state index in [1.807, 2.05) is 0 Å². The van der Waals surface area contributed by atoms with Gasteiger partial charge in [0.05, 0.1) is 39.6 Å². The number of carbonyl (C=O) groups excluding carboxylic acids is 4. The van der Waals surface area contributed by atoms with E-state index in [4.69, 9.17) is 51.5 Å². The molecule has 97 heavy (non-hydrogen) atoms. The molecule has 0 aromatic heterocycles. The standard InChI is InChI=1S/C69H124NO26P/c1-4-6-8-10-12-14-16-18-20-22-24-26-28-30-32-40-56(76)88-48-51(91-57(77)41-33-31-29-27-25-23-21-19-17-15-13-11-9-7-5-2)49-90-97(85,86-3)89-43-36-38-50(74)37-34-35-39-55(75)70-42-44-87-67-63(83)60(80)65(53(46-72)93-67)96-69-64(84)61(81)66(54(47-73)94-69)95-68-62(82)59(79)58(78)52(45-71)92-68/h18-21,51-54,58-69,71-73,78-84H,4-17,22-49H2,1-3H3,(H,70,75)/b20-18+,21-19-/t51-,52?,53?,54?,58-,59-,60+,61+,62?,63?,64?,65+,66-,67+,68+,69-,97?/m0/s1. The number of Topliss-reactive ketones (excluding diaryl/α,β-unsaturated/α-hetero) is 1. The lowest BCUT2D eigenvalue weighted by molar-refractivity contribution is -0.379. The summed E-state index contributed by atoms with van der Waals surface area (Å²) >= 11 is 0. The molecule has 3 fully saturated rings. The van der Waals surface area contributed by atoms with E-state index in [9.17, 15) is 74.8 Å². The van der Waals surface area contributed by atoms with Crippen LogP contribution in [0.25, 0.3) is 0 Å². The Bertz CT molecular complexity index is 2160. The number of amides is 1. The second-order valence-corrected chi connectivity index (χ2v) is 27.4. The highest BCUT2D eigenvalue weighted by atomic mass is 31.2. The summed E-state index contributed by atoms with van der Waals surface area (Å²) < 4.78 is 74.3. The monoisotopic (exact) mass is 1410 g/mol. The lowest BCUT2D eigenvalue weighted by atomic mass is 9.96. The summed E-state index contributed by atoms with van der Waals surface area (Å²) in [7, 11) is -3.06. The first-order valence-electron chi connectivity index (χ1n) is 36.2. The van der Waals surface area contributed by atoms with Crippen LogP contribution in [0.3, 0.4) is 0 Å². The summed E-state index contributed by atoms with van der Waals surface area (Å²) in [5.74, 6) is -1.44. The molecule has 1 amide bonds. The zero-order valence-corrected chi connectivity index (χ0v) is 59.1. The number of nitrogens with one attached hydrogen (secondary N) is 1. The Labute approximate surface area is 575 Å². The van der Waals surface area contributed by atoms with Gasteiger partial charge in [-0.3, -0.25) is 32.7 Å². The van der Waals surface area contributed by atoms with Gasteiger partial charge in [0.25, 0.3) is 0 Å². The number of aliphatic hydroxyl groups is 10. The van der Waals surface area contributed by atoms with Crippen LogP contribution in [-0.4, -0.2) is 233 Å². The second-order valence-electron chi connectivity index (χ2n) is 25.6. The van der Waals surface area contributed by atoms with Crippen molar-refractivity contribution >= 4 is 31.5 Å². The van der Waals surface area contributed by atoms with Crippen LogP contribution in [0.15, 0.2) is 24.3 Å². The van der Waals surface area contributed by atoms with Gasteiger partial charge in [-0.05, 0) is 83.5 Å². The van der Waals surface area contributed by atoms with Gasteiger partial charge in [0.2, 0.25) is 5.91 Å². The van der Waals surface area contributed by atoms with Gasteiger partial charge in [0.15, 0.2) is 25.0 Å². The first-order chi connectivity index (χ1) is 46.9. The average Bonchev–Trinajstić information content (AvgIpc) is 0.784. The highest BCUT2D eigenvalue weighted by molar-refractivity contribution is 7.48. The van der Waals surface area contributed by atoms with Crippen molar-refractivity contribution in [2.45, 2.75) is 330 Å². The van der Waals surface area contributed by atoms with Gasteiger partial charge in [-0.25, -0.2) is 4.57 Å². The fourth-order valence-electron chi connectivity index (χ4n) is 11.4. The van der Waals surface area contributed by atoms with E-state index in [1.54, 1.807) is 0 Å². The van der Waals surface area contributed by atoms with E-state index in [0.29, 0.717) is 25.7 Å². The van der Waals surface area contributed by atoms with E-state index in [-0.39, 0.29) is 76.6 Å². The zero-order chi connectivity index (χ0) is 71.1. The molecule has 0 bridgehead atoms. The molecule has 0 aromatic carbocycles. The summed E-state index contributed by atoms with van der Waals surface area (Å²) in [6.45, 7) is 0.772. The van der Waals surface area contributed by atoms with Crippen molar-refractivity contribution in [2.75, 3.05) is 59.9 Å². The van der Waals surface area contributed by atoms with Gasteiger partial charge < -0.3 is 94.3 Å². The minimum atomic E-state index is -4.20. The SMILES string of the molecule is CCCCCCCC/C=C\CCCCCCCC(=O)O[C@@H](COC(=O)CCCCCCC/C=C/CCCCCCCC)COP(=O)(OC)OCCCC(=O)CCCCC(=O)NCCO[C@@H]1OC(CO)[C@@H](O[C@@H]2OC(CO)[C@H](O[C@H]3OC(CO)[C@H](O)[C@H](O)C3O)[C@H](O)C2O)[C@H](O)C1O. The number of phosphoric ester groups is 1. The summed E-state index contributed by atoms with van der Waals surface area (Å²) in [4.78, 5) is 51.2. The van der Waals surface area contributed by atoms with Gasteiger partial charge in [-0.2, -0.15) is 0 Å². The Hall–Kier alpha value is -2.97. The number of phosphoric acid groups is 1. The van der Waals surface area contributed by atoms with Gasteiger partial charge >= 0.3 is 19.8 Å². The quantitative estimate of drug-likeness (QED) is 0.0129. The Morgan fingerprint density at radius 3 is 1.38 bits per heavy atom. The summed E-state index contributed by atoms with van der Waals surface area (Å²) in [5.41, 5.74) is 0. The maximum atomic E-state index is 13.5. The molecule has 3 saturated heterocycles. The summed E-state index contributed by atoms with van der Waals surface area (Å²) in [5, 5.41) is 107. The van der Waals surface area contributed by atoms with Crippen LogP contribution < -0.4 is 5.32 Å². The molecule has 3 heterocycles. The van der Waals surface area contributed by atoms with Crippen LogP contribution in [-0.2, 0) is 75.2 Å². The number of rotatable bonds is 58. The van der Waals surface area contributed by atoms with Crippen molar-refractivity contribution in [3.05, 3.63) is 24.3 Å². The normalized spacial score (nSPS) is 27.1. The Kier molecular flexibility index (Phi) is 48.9. The molecule has 17 atom stereocenters. The molecular weight excluding hydrogens is 1290 g/mol. The number of unbranched alkanes of at least 4 members (excludes halogenated alkanes) is 23. The third-order valence-electron chi connectivity index (χ3n) is 17.4. The maximum absolute atomic E-state index is 13.5. The number of ketones is 1. The van der Waals surface area contributed by atoms with Crippen molar-refractivity contribution in [2.24, 2.45) is 0 Å². The van der Waals surface area contributed by atoms with Gasteiger partial charge in [0, 0.05) is 45.8 Å². The number of hydrogen-bond acceptors (Lipinski definition) is 26. The number of carbonyl (C=O) groups is 4. The van der Waals surface area contributed by atoms with Gasteiger partial charge in [-0.1, -0.05) is 141 Å². The molecule has 3 aliphatic rings. The molecule has 7 unspecified atom stereocenters. The first kappa shape index (κ1) is 88.2. The topological polar surface area (TPSA) is 401 Å². The molecule has 0 aliphatic carbocycles. The van der Waals surface area contributed by atoms with Crippen LogP contribution in [0.4, 0.5) is 0 Å². The van der Waals surface area contributed by atoms with Crippen LogP contribution in [0.5, 0.6) is 0 Å². The zero-order valence-electron chi connectivity index (χ0n) is 58.2. The number of esters is 2. The third-order valence-corrected chi connectivity index (χ3v) is 18.8. The molecule has 0 aromatic rings. The van der Waals surface area contributed by atoms with Crippen LogP contribution in [0, 0.1) is 0 Å². The third kappa shape index (κ3) is 36.7. The molecule has 0 saturated carbocycles. The largest absolute Gasteiger partial charge is 0.474 e. The predicted molar refractivity (Wildman–Crippen MR) is 357 cm³/mol. The van der Waals surface area contributed by atoms with E-state index in [1.165, 1.54) is 77.0 Å². The van der Waals surface area contributed by atoms with E-state index in [2.05, 4.69) is 43.5 Å². The highest BCUT2D eigenvalue weighted by Gasteiger charge is 2.53.